The Balaban J connectivity index is 0.000000230. The molecule has 0 radical (unpaired) electrons. The fraction of sp³-hybridized carbons (Fsp3) is 0.667. The zero-order valence-corrected chi connectivity index (χ0v) is 60.1. The summed E-state index contributed by atoms with van der Waals surface area (Å²) in [6.45, 7) is 30.9. The fourth-order valence-electron chi connectivity index (χ4n) is 17.6. The van der Waals surface area contributed by atoms with E-state index in [4.69, 9.17) is 51.8 Å². The molecule has 20 atom stereocenters. The highest BCUT2D eigenvalue weighted by molar-refractivity contribution is 6.74. The van der Waals surface area contributed by atoms with Crippen molar-refractivity contribution >= 4 is 56.1 Å². The summed E-state index contributed by atoms with van der Waals surface area (Å²) >= 11 is 0. The molecule has 0 amide bonds. The second-order valence-electron chi connectivity index (χ2n) is 31.0. The van der Waals surface area contributed by atoms with Gasteiger partial charge in [-0.25, -0.2) is 9.59 Å². The van der Waals surface area contributed by atoms with Gasteiger partial charge in [0, 0.05) is 88.9 Å². The molecular weight excluding hydrogens is 1280 g/mol. The van der Waals surface area contributed by atoms with Gasteiger partial charge in [-0.15, -0.1) is 0 Å². The number of ether oxygens (including phenoxy) is 10. The van der Waals surface area contributed by atoms with Gasteiger partial charge in [0.05, 0.1) is 48.4 Å². The molecule has 4 bridgehead atoms. The maximum Gasteiger partial charge on any atom is 0.338 e. The summed E-state index contributed by atoms with van der Waals surface area (Å²) in [4.78, 5) is 104. The number of aliphatic hydroxyl groups is 5. The second-order valence-corrected chi connectivity index (χ2v) is 35.7. The van der Waals surface area contributed by atoms with Crippen molar-refractivity contribution in [2.24, 2.45) is 33.5 Å². The Morgan fingerprint density at radius 2 is 0.856 bits per heavy atom. The van der Waals surface area contributed by atoms with Gasteiger partial charge >= 0.3 is 47.8 Å². The van der Waals surface area contributed by atoms with Gasteiger partial charge < -0.3 is 77.3 Å². The molecule has 10 rings (SSSR count). The maximum atomic E-state index is 14.3. The van der Waals surface area contributed by atoms with Gasteiger partial charge in [-0.2, -0.15) is 0 Å². The number of esters is 8. The van der Waals surface area contributed by atoms with Crippen molar-refractivity contribution in [3.05, 3.63) is 94.1 Å². The predicted molar refractivity (Wildman–Crippen MR) is 347 cm³/mol. The third-order valence-corrected chi connectivity index (χ3v) is 28.2. The summed E-state index contributed by atoms with van der Waals surface area (Å²) in [7, 11) is -2.66. The second kappa shape index (κ2) is 25.9. The van der Waals surface area contributed by atoms with Crippen molar-refractivity contribution in [2.45, 2.75) is 257 Å². The Labute approximate surface area is 567 Å². The highest BCUT2D eigenvalue weighted by Gasteiger charge is 2.81. The number of aliphatic hydroxyl groups excluding tert-OH is 3. The molecule has 2 aliphatic heterocycles. The molecule has 0 aromatic heterocycles. The molecule has 0 spiro atoms. The number of fused-ring (bicyclic) bond motifs is 10. The number of hydrogen-bond donors (Lipinski definition) is 5. The third kappa shape index (κ3) is 12.2. The molecule has 97 heavy (non-hydrogen) atoms. The van der Waals surface area contributed by atoms with Crippen LogP contribution < -0.4 is 0 Å². The highest BCUT2D eigenvalue weighted by Crippen LogP contribution is 2.68. The van der Waals surface area contributed by atoms with Gasteiger partial charge in [0.2, 0.25) is 0 Å². The minimum Gasteiger partial charge on any atom is -0.458 e. The highest BCUT2D eigenvalue weighted by atomic mass is 28.4. The first kappa shape index (κ1) is 74.8. The smallest absolute Gasteiger partial charge is 0.338 e. The van der Waals surface area contributed by atoms with E-state index in [0.29, 0.717) is 16.7 Å². The zero-order valence-electron chi connectivity index (χ0n) is 59.1. The Morgan fingerprint density at radius 1 is 0.505 bits per heavy atom. The van der Waals surface area contributed by atoms with Crippen molar-refractivity contribution in [1.82, 2.24) is 0 Å². The van der Waals surface area contributed by atoms with Crippen molar-refractivity contribution < 1.29 is 116 Å². The number of rotatable bonds is 12. The molecule has 2 aromatic rings. The van der Waals surface area contributed by atoms with Crippen LogP contribution in [0, 0.1) is 33.5 Å². The lowest BCUT2D eigenvalue weighted by molar-refractivity contribution is -0.365. The molecule has 2 saturated heterocycles. The summed E-state index contributed by atoms with van der Waals surface area (Å²) in [6, 6.07) is 16.4. The first-order valence-corrected chi connectivity index (χ1v) is 36.1. The van der Waals surface area contributed by atoms with Crippen molar-refractivity contribution in [3.63, 3.8) is 0 Å². The molecule has 8 aliphatic rings. The maximum absolute atomic E-state index is 14.3. The van der Waals surface area contributed by atoms with Crippen LogP contribution in [0.5, 0.6) is 0 Å². The third-order valence-electron chi connectivity index (χ3n) is 23.7. The Hall–Kier alpha value is -6.42. The molecule has 534 valence electrons. The van der Waals surface area contributed by atoms with E-state index in [9.17, 15) is 63.9 Å². The number of carbonyl (C=O) groups excluding carboxylic acids is 8. The number of carbonyl (C=O) groups is 8. The first-order valence-electron chi connectivity index (χ1n) is 33.2. The molecule has 2 heterocycles. The van der Waals surface area contributed by atoms with Crippen LogP contribution in [0.2, 0.25) is 18.1 Å². The first-order chi connectivity index (χ1) is 44.8. The lowest BCUT2D eigenvalue weighted by Gasteiger charge is -2.70. The molecule has 0 unspecified atom stereocenters. The average Bonchev–Trinajstić information content (AvgIpc) is 0.674. The van der Waals surface area contributed by atoms with Crippen LogP contribution in [0.4, 0.5) is 0 Å². The van der Waals surface area contributed by atoms with Gasteiger partial charge in [-0.3, -0.25) is 28.8 Å². The van der Waals surface area contributed by atoms with E-state index >= 15 is 0 Å². The van der Waals surface area contributed by atoms with Crippen LogP contribution in [0.1, 0.15) is 164 Å². The molecule has 24 nitrogen and oxygen atoms in total. The van der Waals surface area contributed by atoms with Gasteiger partial charge in [0.25, 0.3) is 0 Å². The van der Waals surface area contributed by atoms with E-state index in [1.54, 1.807) is 104 Å². The van der Waals surface area contributed by atoms with Gasteiger partial charge in [-0.1, -0.05) is 98.7 Å². The monoisotopic (exact) mass is 1370 g/mol. The molecular formula is C72H98O24Si. The standard InChI is InChI=1S/C39H56O12Si.C33H42O12/c1-21-26(47-22(2)40)19-39(45)33(49-34(44)25-16-14-13-15-17-25)31-37(10,32(43)30(48-23(3)41)29(21)36(39,8)9)27(51-52(11,12)35(5,6)7)18-28-38(31,20-46-28)50-24(4)42;1-16-21(42-17(2)34)14-33(40)28(44-29(39)20-11-9-8-10-12-20)26-31(7,22(37)13-23-32(26,15-41-23)45-19(4)36)27(38)25(43-18(3)35)24(16)30(33,5)6/h13-17,26-28,30-33,43,45H,18-20H2,1-12H3;8-12,21-23,25-28,37-38,40H,13-15H2,1-7H3/t26-,27-,28+,30+,31-,32-,33-,37+,38-,39+;21-,22-,23+,25+,26-,27-,28-,31+,32-,33+/m00/s1. The minimum absolute atomic E-state index is 0.0700. The zero-order chi connectivity index (χ0) is 72.3. The number of benzene rings is 2. The van der Waals surface area contributed by atoms with Crippen LogP contribution in [0.3, 0.4) is 0 Å². The quantitative estimate of drug-likeness (QED) is 0.0614. The summed E-state index contributed by atoms with van der Waals surface area (Å²) < 4.78 is 67.7. The van der Waals surface area contributed by atoms with Crippen LogP contribution in [-0.4, -0.2) is 190 Å². The van der Waals surface area contributed by atoms with Gasteiger partial charge in [-0.05, 0) is 78.5 Å². The summed E-state index contributed by atoms with van der Waals surface area (Å²) in [5.74, 6) is -8.12. The van der Waals surface area contributed by atoms with Crippen molar-refractivity contribution in [3.8, 4) is 0 Å². The Bertz CT molecular complexity index is 3500. The summed E-state index contributed by atoms with van der Waals surface area (Å²) in [5.41, 5.74) is -11.5. The van der Waals surface area contributed by atoms with Crippen LogP contribution in [0.15, 0.2) is 83.0 Å². The van der Waals surface area contributed by atoms with Crippen molar-refractivity contribution in [1.29, 1.82) is 0 Å². The van der Waals surface area contributed by atoms with E-state index in [1.807, 2.05) is 0 Å². The lowest BCUT2D eigenvalue weighted by atomic mass is 9.44. The Kier molecular flexibility index (Phi) is 20.0. The number of hydrogen-bond acceptors (Lipinski definition) is 24. The fourth-order valence-corrected chi connectivity index (χ4v) is 19.0. The molecule has 5 N–H and O–H groups in total. The normalized spacial score (nSPS) is 38.3. The SMILES string of the molecule is CC(=O)O[C@H]1C[C@@]2(O)[C@@H](OC(=O)c3ccccc3)[C@@H]3[C@]4(OC(C)=O)CO[C@@H]4C[C@H](O)[C@@]3(C)[C@@H](O)[C@H](OC(C)=O)C(=C1C)C2(C)C.CC(=O)O[C@H]1C[C@@]2(O)[C@@H](OC(=O)c3ccccc3)[C@@H]3[C@]4(OC(C)=O)CO[C@@H]4C[C@H](O[Si](C)(C)C(C)(C)C)[C@@]3(C)[C@@H](O)[C@H](OC(C)=O)C(=C1C)C2(C)C. The largest absolute Gasteiger partial charge is 0.458 e. The minimum atomic E-state index is -2.66. The molecule has 4 saturated carbocycles. The predicted octanol–water partition coefficient (Wildman–Crippen LogP) is 7.06. The van der Waals surface area contributed by atoms with Crippen LogP contribution in [-0.2, 0) is 80.6 Å². The Morgan fingerprint density at radius 3 is 1.19 bits per heavy atom. The van der Waals surface area contributed by atoms with E-state index in [0.717, 1.165) is 0 Å². The molecule has 6 fully saturated rings. The van der Waals surface area contributed by atoms with Gasteiger partial charge in [0.15, 0.2) is 31.7 Å². The lowest BCUT2D eigenvalue weighted by Crippen LogP contribution is -2.83. The summed E-state index contributed by atoms with van der Waals surface area (Å²) in [5, 5.41) is 63.8. The average molecular weight is 1380 g/mol. The summed E-state index contributed by atoms with van der Waals surface area (Å²) in [6.07, 6.45) is -15.5. The van der Waals surface area contributed by atoms with Gasteiger partial charge in [0.1, 0.15) is 60.0 Å². The van der Waals surface area contributed by atoms with E-state index in [-0.39, 0.29) is 60.6 Å². The van der Waals surface area contributed by atoms with E-state index < -0.39 is 185 Å². The molecule has 6 aliphatic carbocycles. The van der Waals surface area contributed by atoms with E-state index in [1.165, 1.54) is 53.7 Å². The topological polar surface area (TPSA) is 339 Å². The van der Waals surface area contributed by atoms with E-state index in [2.05, 4.69) is 33.9 Å². The molecule has 2 aromatic carbocycles. The van der Waals surface area contributed by atoms with Crippen LogP contribution in [0.25, 0.3) is 0 Å². The van der Waals surface area contributed by atoms with Crippen molar-refractivity contribution in [2.75, 3.05) is 13.2 Å². The van der Waals surface area contributed by atoms with Crippen LogP contribution >= 0.6 is 0 Å². The molecule has 25 heteroatoms.